The first-order chi connectivity index (χ1) is 9.99. The van der Waals surface area contributed by atoms with Crippen LogP contribution in [0.25, 0.3) is 0 Å². The number of aryl methyl sites for hydroxylation is 1. The molecule has 0 amide bonds. The smallest absolute Gasteiger partial charge is 0.313 e. The number of nitrogens with zero attached hydrogens (tertiary/aromatic N) is 3. The second-order valence-electron chi connectivity index (χ2n) is 4.22. The molecular weight excluding hydrogens is 279 g/mol. The van der Waals surface area contributed by atoms with E-state index in [1.807, 2.05) is 0 Å². The van der Waals surface area contributed by atoms with Gasteiger partial charge in [0, 0.05) is 18.8 Å². The van der Waals surface area contributed by atoms with Crippen molar-refractivity contribution in [2.24, 2.45) is 0 Å². The van der Waals surface area contributed by atoms with Gasteiger partial charge in [-0.3, -0.25) is 10.1 Å². The molecule has 0 saturated carbocycles. The zero-order chi connectivity index (χ0) is 15.4. The molecule has 7 nitrogen and oxygen atoms in total. The van der Waals surface area contributed by atoms with Crippen LogP contribution in [0.1, 0.15) is 11.5 Å². The minimum atomic E-state index is -0.700. The summed E-state index contributed by atoms with van der Waals surface area (Å²) in [7, 11) is 1.72. The summed E-state index contributed by atoms with van der Waals surface area (Å²) < 4.78 is 18.4. The Balaban J connectivity index is 2.20. The molecule has 0 aliphatic rings. The number of halogens is 1. The highest BCUT2D eigenvalue weighted by Crippen LogP contribution is 2.28. The average molecular weight is 292 g/mol. The van der Waals surface area contributed by atoms with Crippen molar-refractivity contribution in [1.29, 1.82) is 0 Å². The van der Waals surface area contributed by atoms with Crippen LogP contribution < -0.4 is 10.1 Å². The fraction of sp³-hybridized carbons (Fsp3) is 0.231. The number of hydrogen-bond acceptors (Lipinski definition) is 6. The van der Waals surface area contributed by atoms with Crippen LogP contribution in [0.15, 0.2) is 24.3 Å². The second kappa shape index (κ2) is 6.12. The van der Waals surface area contributed by atoms with Crippen LogP contribution in [0.5, 0.6) is 5.75 Å². The van der Waals surface area contributed by atoms with Gasteiger partial charge in [0.25, 0.3) is 0 Å². The van der Waals surface area contributed by atoms with Gasteiger partial charge in [0.1, 0.15) is 18.2 Å². The summed E-state index contributed by atoms with van der Waals surface area (Å²) >= 11 is 0. The molecular formula is C13H13FN4O3. The van der Waals surface area contributed by atoms with E-state index in [0.29, 0.717) is 11.6 Å². The second-order valence-corrected chi connectivity index (χ2v) is 4.22. The molecule has 1 aromatic carbocycles. The van der Waals surface area contributed by atoms with Gasteiger partial charge in [-0.2, -0.15) is 0 Å². The van der Waals surface area contributed by atoms with Gasteiger partial charge in [-0.15, -0.1) is 0 Å². The first-order valence-corrected chi connectivity index (χ1v) is 6.08. The number of aromatic nitrogens is 2. The average Bonchev–Trinajstić information content (AvgIpc) is 2.45. The van der Waals surface area contributed by atoms with Gasteiger partial charge in [0.2, 0.25) is 0 Å². The Morgan fingerprint density at radius 2 is 2.14 bits per heavy atom. The lowest BCUT2D eigenvalue weighted by molar-refractivity contribution is -0.386. The van der Waals surface area contributed by atoms with Crippen molar-refractivity contribution < 1.29 is 14.1 Å². The maximum Gasteiger partial charge on any atom is 0.313 e. The van der Waals surface area contributed by atoms with E-state index >= 15 is 0 Å². The normalized spacial score (nSPS) is 10.2. The molecule has 0 fully saturated rings. The Labute approximate surface area is 120 Å². The van der Waals surface area contributed by atoms with E-state index in [1.165, 1.54) is 6.07 Å². The zero-order valence-electron chi connectivity index (χ0n) is 11.5. The molecule has 0 radical (unpaired) electrons. The number of nitrogens with one attached hydrogen (secondary N) is 1. The van der Waals surface area contributed by atoms with E-state index in [2.05, 4.69) is 15.3 Å². The van der Waals surface area contributed by atoms with Gasteiger partial charge >= 0.3 is 5.69 Å². The predicted molar refractivity (Wildman–Crippen MR) is 73.7 cm³/mol. The van der Waals surface area contributed by atoms with Crippen LogP contribution in [0.3, 0.4) is 0 Å². The third kappa shape index (κ3) is 3.62. The largest absolute Gasteiger partial charge is 0.479 e. The summed E-state index contributed by atoms with van der Waals surface area (Å²) in [6.07, 6.45) is 0. The number of nitro groups is 1. The summed E-state index contributed by atoms with van der Waals surface area (Å²) in [4.78, 5) is 18.5. The number of ether oxygens (including phenoxy) is 1. The molecule has 0 aliphatic carbocycles. The van der Waals surface area contributed by atoms with Gasteiger partial charge in [0.05, 0.1) is 11.0 Å². The van der Waals surface area contributed by atoms with Crippen molar-refractivity contribution in [3.63, 3.8) is 0 Å². The van der Waals surface area contributed by atoms with Gasteiger partial charge < -0.3 is 10.1 Å². The molecule has 21 heavy (non-hydrogen) atoms. The molecule has 0 saturated heterocycles. The molecule has 1 aromatic heterocycles. The van der Waals surface area contributed by atoms with Crippen LogP contribution in [0, 0.1) is 22.9 Å². The van der Waals surface area contributed by atoms with Crippen molar-refractivity contribution >= 4 is 11.5 Å². The SMILES string of the molecule is CNc1cc(C)nc(COc2ccc(F)cc2[N+](=O)[O-])n1. The standard InChI is InChI=1S/C13H13FN4O3/c1-8-5-12(15-2)17-13(16-8)7-21-11-4-3-9(14)6-10(11)18(19)20/h3-6H,7H2,1-2H3,(H,15,16,17). The summed E-state index contributed by atoms with van der Waals surface area (Å²) in [6, 6.07) is 4.87. The summed E-state index contributed by atoms with van der Waals surface area (Å²) in [5.41, 5.74) is 0.304. The Hall–Kier alpha value is -2.77. The Morgan fingerprint density at radius 3 is 2.81 bits per heavy atom. The summed E-state index contributed by atoms with van der Waals surface area (Å²) in [5.74, 6) is 0.267. The van der Waals surface area contributed by atoms with Gasteiger partial charge in [0.15, 0.2) is 11.6 Å². The van der Waals surface area contributed by atoms with Gasteiger partial charge in [-0.1, -0.05) is 0 Å². The van der Waals surface area contributed by atoms with E-state index in [9.17, 15) is 14.5 Å². The van der Waals surface area contributed by atoms with E-state index in [-0.39, 0.29) is 12.4 Å². The number of hydrogen-bond donors (Lipinski definition) is 1. The summed E-state index contributed by atoms with van der Waals surface area (Å²) in [6.45, 7) is 1.75. The monoisotopic (exact) mass is 292 g/mol. The number of anilines is 1. The molecule has 0 unspecified atom stereocenters. The number of benzene rings is 1. The molecule has 2 rings (SSSR count). The fourth-order valence-electron chi connectivity index (χ4n) is 1.72. The van der Waals surface area contributed by atoms with Crippen LogP contribution in [0.2, 0.25) is 0 Å². The number of rotatable bonds is 5. The van der Waals surface area contributed by atoms with Crippen molar-refractivity contribution in [2.45, 2.75) is 13.5 Å². The van der Waals surface area contributed by atoms with E-state index in [0.717, 1.165) is 17.8 Å². The van der Waals surface area contributed by atoms with Crippen molar-refractivity contribution in [2.75, 3.05) is 12.4 Å². The molecule has 0 spiro atoms. The maximum atomic E-state index is 13.0. The maximum absolute atomic E-state index is 13.0. The molecule has 2 aromatic rings. The molecule has 110 valence electrons. The van der Waals surface area contributed by atoms with Crippen molar-refractivity contribution in [3.05, 3.63) is 51.7 Å². The molecule has 0 atom stereocenters. The third-order valence-corrected chi connectivity index (χ3v) is 2.63. The Kier molecular flexibility index (Phi) is 4.27. The van der Waals surface area contributed by atoms with Crippen LogP contribution in [0.4, 0.5) is 15.9 Å². The van der Waals surface area contributed by atoms with Gasteiger partial charge in [-0.25, -0.2) is 14.4 Å². The molecule has 1 N–H and O–H groups in total. The molecule has 8 heteroatoms. The Morgan fingerprint density at radius 1 is 1.38 bits per heavy atom. The Bertz CT molecular complexity index is 678. The molecule has 1 heterocycles. The van der Waals surface area contributed by atoms with Crippen LogP contribution in [-0.4, -0.2) is 21.9 Å². The van der Waals surface area contributed by atoms with E-state index in [4.69, 9.17) is 4.74 Å². The highest BCUT2D eigenvalue weighted by Gasteiger charge is 2.16. The van der Waals surface area contributed by atoms with Gasteiger partial charge in [-0.05, 0) is 19.1 Å². The lowest BCUT2D eigenvalue weighted by Gasteiger charge is -2.08. The van der Waals surface area contributed by atoms with E-state index in [1.54, 1.807) is 20.0 Å². The highest BCUT2D eigenvalue weighted by molar-refractivity contribution is 5.46. The molecule has 0 aliphatic heterocycles. The van der Waals surface area contributed by atoms with E-state index < -0.39 is 16.4 Å². The lowest BCUT2D eigenvalue weighted by Crippen LogP contribution is -2.06. The number of nitro benzene ring substituents is 1. The van der Waals surface area contributed by atoms with Crippen LogP contribution in [-0.2, 0) is 6.61 Å². The minimum absolute atomic E-state index is 0.0301. The first-order valence-electron chi connectivity index (χ1n) is 6.08. The minimum Gasteiger partial charge on any atom is -0.479 e. The summed E-state index contributed by atoms with van der Waals surface area (Å²) in [5, 5.41) is 13.7. The van der Waals surface area contributed by atoms with Crippen molar-refractivity contribution in [1.82, 2.24) is 9.97 Å². The van der Waals surface area contributed by atoms with Crippen molar-refractivity contribution in [3.8, 4) is 5.75 Å². The van der Waals surface area contributed by atoms with Crippen LogP contribution >= 0.6 is 0 Å². The first kappa shape index (κ1) is 14.6. The lowest BCUT2D eigenvalue weighted by atomic mass is 10.3. The topological polar surface area (TPSA) is 90.2 Å². The molecule has 0 bridgehead atoms. The third-order valence-electron chi connectivity index (χ3n) is 2.63. The fourth-order valence-corrected chi connectivity index (χ4v) is 1.72. The highest BCUT2D eigenvalue weighted by atomic mass is 19.1. The predicted octanol–water partition coefficient (Wildman–Crippen LogP) is 2.45. The quantitative estimate of drug-likeness (QED) is 0.672. The zero-order valence-corrected chi connectivity index (χ0v) is 11.5.